The fourth-order valence-corrected chi connectivity index (χ4v) is 5.67. The summed E-state index contributed by atoms with van der Waals surface area (Å²) in [4.78, 5) is 32.1. The van der Waals surface area contributed by atoms with E-state index in [9.17, 15) is 14.3 Å². The van der Waals surface area contributed by atoms with Gasteiger partial charge in [0.25, 0.3) is 0 Å². The second kappa shape index (κ2) is 9.62. The van der Waals surface area contributed by atoms with Crippen LogP contribution in [0.1, 0.15) is 31.1 Å². The zero-order valence-corrected chi connectivity index (χ0v) is 22.1. The Kier molecular flexibility index (Phi) is 6.23. The first-order chi connectivity index (χ1) is 18.8. The summed E-state index contributed by atoms with van der Waals surface area (Å²) in [5, 5.41) is 10.7. The lowest BCUT2D eigenvalue weighted by atomic mass is 10.0. The van der Waals surface area contributed by atoms with Gasteiger partial charge in [-0.2, -0.15) is 0 Å². The molecule has 3 aliphatic heterocycles. The van der Waals surface area contributed by atoms with Gasteiger partial charge in [0, 0.05) is 43.6 Å². The Morgan fingerprint density at radius 1 is 1.28 bits per heavy atom. The Morgan fingerprint density at radius 3 is 2.85 bits per heavy atom. The highest BCUT2D eigenvalue weighted by Crippen LogP contribution is 2.46. The number of rotatable bonds is 2. The van der Waals surface area contributed by atoms with Gasteiger partial charge in [-0.25, -0.2) is 14.4 Å². The number of phenolic OH excluding ortho intramolecular Hbond substituents is 1. The van der Waals surface area contributed by atoms with Gasteiger partial charge in [-0.15, -0.1) is 0 Å². The minimum absolute atomic E-state index is 0.0765. The first-order valence-electron chi connectivity index (χ1n) is 12.6. The minimum atomic E-state index is -0.756. The third kappa shape index (κ3) is 4.11. The predicted octanol–water partition coefficient (Wildman–Crippen LogP) is 4.63. The molecule has 11 heteroatoms. The Morgan fingerprint density at radius 2 is 2.10 bits per heavy atom. The van der Waals surface area contributed by atoms with E-state index < -0.39 is 12.2 Å². The molecular formula is C28H26ClFN6O3. The summed E-state index contributed by atoms with van der Waals surface area (Å²) in [7, 11) is 0. The number of halogens is 2. The standard InChI is InChI=1S/C28H26ClFN6O3/c1-4-23(38)34-10-11-35(15(2)14-34)26-17-12-19(29)25(24-20(30)6-5-7-22(24)37)32-27(17)36-21-8-9-31-13-18(21)16(3)39-28(36)33-26/h4-9,12-13,15-16,28,37H,1,10-11,14H2,2-3H3/t15-,16?,28?/m0/s1. The first-order valence-corrected chi connectivity index (χ1v) is 13.0. The summed E-state index contributed by atoms with van der Waals surface area (Å²) >= 11 is 6.72. The third-order valence-electron chi connectivity index (χ3n) is 7.34. The summed E-state index contributed by atoms with van der Waals surface area (Å²) in [6.07, 6.45) is 3.70. The number of benzene rings is 1. The number of fused-ring (bicyclic) bond motifs is 5. The monoisotopic (exact) mass is 548 g/mol. The molecule has 0 spiro atoms. The number of piperazine rings is 1. The van der Waals surface area contributed by atoms with Gasteiger partial charge in [-0.05, 0) is 44.2 Å². The molecule has 39 heavy (non-hydrogen) atoms. The zero-order chi connectivity index (χ0) is 27.4. The highest BCUT2D eigenvalue weighted by molar-refractivity contribution is 6.33. The van der Waals surface area contributed by atoms with E-state index in [0.29, 0.717) is 36.9 Å². The van der Waals surface area contributed by atoms with Gasteiger partial charge >= 0.3 is 0 Å². The molecule has 3 aliphatic rings. The molecule has 1 amide bonds. The number of carbonyl (C=O) groups is 1. The van der Waals surface area contributed by atoms with Crippen LogP contribution in [0, 0.1) is 5.82 Å². The van der Waals surface area contributed by atoms with Crippen LogP contribution in [-0.4, -0.2) is 68.6 Å². The largest absolute Gasteiger partial charge is 0.507 e. The fraction of sp³-hybridized carbons (Fsp3) is 0.286. The molecule has 0 saturated carbocycles. The maximum Gasteiger partial charge on any atom is 0.246 e. The average molecular weight is 549 g/mol. The number of nitrogens with zero attached hydrogens (tertiary/aromatic N) is 6. The lowest BCUT2D eigenvalue weighted by Gasteiger charge is -2.46. The summed E-state index contributed by atoms with van der Waals surface area (Å²) < 4.78 is 21.3. The van der Waals surface area contributed by atoms with Crippen molar-refractivity contribution in [2.45, 2.75) is 32.3 Å². The van der Waals surface area contributed by atoms with Gasteiger partial charge in [-0.3, -0.25) is 14.7 Å². The normalized spacial score (nSPS) is 22.0. The van der Waals surface area contributed by atoms with Gasteiger partial charge < -0.3 is 19.6 Å². The van der Waals surface area contributed by atoms with Crippen LogP contribution in [0.5, 0.6) is 5.75 Å². The van der Waals surface area contributed by atoms with Crippen molar-refractivity contribution in [3.63, 3.8) is 0 Å². The van der Waals surface area contributed by atoms with Crippen molar-refractivity contribution in [1.29, 1.82) is 0 Å². The fourth-order valence-electron chi connectivity index (χ4n) is 5.43. The maximum atomic E-state index is 14.9. The van der Waals surface area contributed by atoms with E-state index in [1.165, 1.54) is 24.3 Å². The number of pyridine rings is 2. The minimum Gasteiger partial charge on any atom is -0.507 e. The molecule has 3 atom stereocenters. The lowest BCUT2D eigenvalue weighted by molar-refractivity contribution is -0.128. The number of amidine groups is 1. The third-order valence-corrected chi connectivity index (χ3v) is 7.63. The molecule has 6 rings (SSSR count). The molecule has 3 aromatic rings. The number of ether oxygens (including phenoxy) is 1. The van der Waals surface area contributed by atoms with E-state index in [-0.39, 0.29) is 40.1 Å². The van der Waals surface area contributed by atoms with Crippen LogP contribution < -0.4 is 4.90 Å². The summed E-state index contributed by atoms with van der Waals surface area (Å²) in [5.74, 6) is 0.0501. The van der Waals surface area contributed by atoms with Crippen LogP contribution in [0.25, 0.3) is 11.3 Å². The summed E-state index contributed by atoms with van der Waals surface area (Å²) in [6.45, 7) is 9.06. The van der Waals surface area contributed by atoms with Crippen molar-refractivity contribution >= 4 is 34.8 Å². The number of aliphatic imine (C=N–C) groups is 1. The van der Waals surface area contributed by atoms with Gasteiger partial charge in [0.15, 0.2) is 0 Å². The number of carbonyl (C=O) groups excluding carboxylic acids is 1. The molecule has 2 aromatic heterocycles. The van der Waals surface area contributed by atoms with E-state index in [1.54, 1.807) is 23.4 Å². The van der Waals surface area contributed by atoms with Crippen LogP contribution in [-0.2, 0) is 9.53 Å². The number of phenols is 1. The highest BCUT2D eigenvalue weighted by atomic mass is 35.5. The van der Waals surface area contributed by atoms with Crippen molar-refractivity contribution in [1.82, 2.24) is 19.8 Å². The Bertz CT molecular complexity index is 1510. The topological polar surface area (TPSA) is 94.4 Å². The van der Waals surface area contributed by atoms with E-state index in [0.717, 1.165) is 11.3 Å². The Balaban J connectivity index is 1.53. The van der Waals surface area contributed by atoms with Gasteiger partial charge in [0.2, 0.25) is 12.3 Å². The summed E-state index contributed by atoms with van der Waals surface area (Å²) in [5.41, 5.74) is 2.32. The van der Waals surface area contributed by atoms with E-state index in [1.807, 2.05) is 24.8 Å². The molecule has 2 unspecified atom stereocenters. The number of aromatic nitrogens is 2. The molecule has 9 nitrogen and oxygen atoms in total. The molecule has 1 fully saturated rings. The van der Waals surface area contributed by atoms with Gasteiger partial charge in [-0.1, -0.05) is 24.2 Å². The number of hydrogen-bond acceptors (Lipinski definition) is 8. The van der Waals surface area contributed by atoms with E-state index in [2.05, 4.69) is 16.5 Å². The molecule has 0 bridgehead atoms. The van der Waals surface area contributed by atoms with Crippen molar-refractivity contribution in [3.05, 3.63) is 77.3 Å². The molecule has 0 aliphatic carbocycles. The molecule has 1 saturated heterocycles. The Hall–Kier alpha value is -4.02. The van der Waals surface area contributed by atoms with E-state index in [4.69, 9.17) is 26.3 Å². The van der Waals surface area contributed by atoms with Crippen molar-refractivity contribution in [2.24, 2.45) is 4.99 Å². The van der Waals surface area contributed by atoms with Gasteiger partial charge in [0.1, 0.15) is 23.2 Å². The second-order valence-electron chi connectivity index (χ2n) is 9.72. The molecule has 200 valence electrons. The van der Waals surface area contributed by atoms with Crippen molar-refractivity contribution < 1.29 is 19.0 Å². The first kappa shape index (κ1) is 25.3. The predicted molar refractivity (Wildman–Crippen MR) is 145 cm³/mol. The van der Waals surface area contributed by atoms with Crippen LogP contribution >= 0.6 is 11.6 Å². The van der Waals surface area contributed by atoms with Crippen LogP contribution in [0.15, 0.2) is 60.4 Å². The van der Waals surface area contributed by atoms with Crippen LogP contribution in [0.4, 0.5) is 15.9 Å². The lowest BCUT2D eigenvalue weighted by Crippen LogP contribution is -2.57. The molecule has 1 aromatic carbocycles. The number of hydrogen-bond donors (Lipinski definition) is 1. The maximum absolute atomic E-state index is 14.9. The van der Waals surface area contributed by atoms with E-state index >= 15 is 0 Å². The van der Waals surface area contributed by atoms with Crippen LogP contribution in [0.2, 0.25) is 5.02 Å². The molecule has 1 N–H and O–H groups in total. The van der Waals surface area contributed by atoms with Crippen molar-refractivity contribution in [3.8, 4) is 17.0 Å². The second-order valence-corrected chi connectivity index (χ2v) is 10.1. The highest BCUT2D eigenvalue weighted by Gasteiger charge is 2.41. The van der Waals surface area contributed by atoms with Crippen LogP contribution in [0.3, 0.4) is 0 Å². The molecular weight excluding hydrogens is 523 g/mol. The number of aromatic hydroxyl groups is 1. The zero-order valence-electron chi connectivity index (χ0n) is 21.4. The quantitative estimate of drug-likeness (QED) is 0.466. The number of amides is 1. The molecule has 0 radical (unpaired) electrons. The Labute approximate surface area is 229 Å². The van der Waals surface area contributed by atoms with Crippen molar-refractivity contribution in [2.75, 3.05) is 24.5 Å². The smallest absolute Gasteiger partial charge is 0.246 e. The average Bonchev–Trinajstić information content (AvgIpc) is 2.92. The SMILES string of the molecule is C=CC(=O)N1CCN(C2=NC3OC(C)c4cnccc4N3c3nc(-c4c(O)cccc4F)c(Cl)cc32)[C@@H](C)C1. The summed E-state index contributed by atoms with van der Waals surface area (Å²) in [6, 6.07) is 7.55. The van der Waals surface area contributed by atoms with Gasteiger partial charge in [0.05, 0.1) is 33.6 Å². The number of anilines is 2. The molecule has 5 heterocycles.